The van der Waals surface area contributed by atoms with Gasteiger partial charge in [-0.15, -0.1) is 0 Å². The minimum Gasteiger partial charge on any atom is -0.478 e. The van der Waals surface area contributed by atoms with E-state index in [4.69, 9.17) is 16.0 Å². The Morgan fingerprint density at radius 2 is 1.91 bits per heavy atom. The van der Waals surface area contributed by atoms with Crippen LogP contribution in [0.15, 0.2) is 64.7 Å². The third kappa shape index (κ3) is 5.10. The SMILES string of the molecule is CCc1ccccc1NC(=O)CN1C(=O)N/C(=C\c2ccc(-c3ccc(Cl)c(C(=O)O)c3)o2)C1=O. The molecule has 178 valence electrons. The molecule has 3 N–H and O–H groups in total. The zero-order chi connectivity index (χ0) is 25.1. The Labute approximate surface area is 205 Å². The summed E-state index contributed by atoms with van der Waals surface area (Å²) in [7, 11) is 0. The Hall–Kier alpha value is -4.37. The lowest BCUT2D eigenvalue weighted by atomic mass is 10.1. The molecule has 9 nitrogen and oxygen atoms in total. The summed E-state index contributed by atoms with van der Waals surface area (Å²) in [6.07, 6.45) is 2.05. The van der Waals surface area contributed by atoms with Gasteiger partial charge in [-0.05, 0) is 48.4 Å². The topological polar surface area (TPSA) is 129 Å². The van der Waals surface area contributed by atoms with Gasteiger partial charge in [-0.2, -0.15) is 0 Å². The van der Waals surface area contributed by atoms with Gasteiger partial charge in [0.2, 0.25) is 5.91 Å². The number of benzene rings is 2. The number of nitrogens with one attached hydrogen (secondary N) is 2. The monoisotopic (exact) mass is 493 g/mol. The van der Waals surface area contributed by atoms with Crippen molar-refractivity contribution in [3.05, 3.63) is 82.2 Å². The van der Waals surface area contributed by atoms with Gasteiger partial charge in [0.25, 0.3) is 5.91 Å². The maximum Gasteiger partial charge on any atom is 0.337 e. The number of hydrogen-bond donors (Lipinski definition) is 3. The number of carbonyl (C=O) groups excluding carboxylic acids is 3. The van der Waals surface area contributed by atoms with Crippen LogP contribution in [0.4, 0.5) is 10.5 Å². The van der Waals surface area contributed by atoms with E-state index in [2.05, 4.69) is 10.6 Å². The number of aromatic carboxylic acids is 1. The maximum absolute atomic E-state index is 12.7. The first kappa shape index (κ1) is 23.8. The van der Waals surface area contributed by atoms with Gasteiger partial charge in [0.05, 0.1) is 10.6 Å². The number of carboxylic acid groups (broad SMARTS) is 1. The van der Waals surface area contributed by atoms with E-state index in [1.165, 1.54) is 18.2 Å². The number of anilines is 1. The fourth-order valence-corrected chi connectivity index (χ4v) is 3.77. The molecule has 4 rings (SSSR count). The number of halogens is 1. The van der Waals surface area contributed by atoms with Crippen LogP contribution in [-0.2, 0) is 16.0 Å². The van der Waals surface area contributed by atoms with E-state index < -0.39 is 30.4 Å². The number of carbonyl (C=O) groups is 4. The molecule has 1 aliphatic rings. The van der Waals surface area contributed by atoms with Crippen molar-refractivity contribution >= 4 is 47.2 Å². The minimum atomic E-state index is -1.17. The van der Waals surface area contributed by atoms with E-state index in [1.807, 2.05) is 19.1 Å². The van der Waals surface area contributed by atoms with Gasteiger partial charge in [0.1, 0.15) is 23.8 Å². The van der Waals surface area contributed by atoms with Gasteiger partial charge in [-0.25, -0.2) is 14.5 Å². The molecule has 0 unspecified atom stereocenters. The summed E-state index contributed by atoms with van der Waals surface area (Å²) in [4.78, 5) is 49.7. The summed E-state index contributed by atoms with van der Waals surface area (Å²) < 4.78 is 5.70. The average Bonchev–Trinajstić information content (AvgIpc) is 3.40. The highest BCUT2D eigenvalue weighted by Gasteiger charge is 2.35. The molecule has 1 fully saturated rings. The van der Waals surface area contributed by atoms with Gasteiger partial charge in [0, 0.05) is 17.3 Å². The van der Waals surface area contributed by atoms with Crippen LogP contribution in [0, 0.1) is 0 Å². The van der Waals surface area contributed by atoms with Gasteiger partial charge in [-0.1, -0.05) is 36.7 Å². The summed E-state index contributed by atoms with van der Waals surface area (Å²) in [5, 5.41) is 14.5. The molecule has 1 saturated heterocycles. The number of carboxylic acids is 1. The van der Waals surface area contributed by atoms with Crippen molar-refractivity contribution in [3.8, 4) is 11.3 Å². The van der Waals surface area contributed by atoms with E-state index in [0.29, 0.717) is 23.4 Å². The van der Waals surface area contributed by atoms with Gasteiger partial charge >= 0.3 is 12.0 Å². The van der Waals surface area contributed by atoms with Crippen LogP contribution in [0.25, 0.3) is 17.4 Å². The lowest BCUT2D eigenvalue weighted by Gasteiger charge is -2.13. The molecule has 0 spiro atoms. The highest BCUT2D eigenvalue weighted by Crippen LogP contribution is 2.28. The highest BCUT2D eigenvalue weighted by molar-refractivity contribution is 6.33. The van der Waals surface area contributed by atoms with Crippen LogP contribution in [0.1, 0.15) is 28.6 Å². The van der Waals surface area contributed by atoms with Crippen LogP contribution in [0.2, 0.25) is 5.02 Å². The molecular weight excluding hydrogens is 474 g/mol. The lowest BCUT2D eigenvalue weighted by Crippen LogP contribution is -2.38. The first-order valence-corrected chi connectivity index (χ1v) is 11.0. The van der Waals surface area contributed by atoms with Crippen molar-refractivity contribution in [1.82, 2.24) is 10.2 Å². The third-order valence-electron chi connectivity index (χ3n) is 5.33. The molecule has 0 radical (unpaired) electrons. The number of nitrogens with zero attached hydrogens (tertiary/aromatic N) is 1. The Kier molecular flexibility index (Phi) is 6.70. The molecule has 1 aliphatic heterocycles. The van der Waals surface area contributed by atoms with Crippen LogP contribution < -0.4 is 10.6 Å². The van der Waals surface area contributed by atoms with Crippen molar-refractivity contribution in [2.45, 2.75) is 13.3 Å². The summed E-state index contributed by atoms with van der Waals surface area (Å²) >= 11 is 5.91. The maximum atomic E-state index is 12.7. The normalized spacial score (nSPS) is 14.3. The summed E-state index contributed by atoms with van der Waals surface area (Å²) in [5.41, 5.74) is 1.90. The minimum absolute atomic E-state index is 0.0556. The molecule has 1 aromatic heterocycles. The van der Waals surface area contributed by atoms with Crippen molar-refractivity contribution in [1.29, 1.82) is 0 Å². The van der Waals surface area contributed by atoms with Crippen molar-refractivity contribution in [2.75, 3.05) is 11.9 Å². The van der Waals surface area contributed by atoms with E-state index in [1.54, 1.807) is 30.3 Å². The molecule has 2 heterocycles. The molecule has 0 atom stereocenters. The van der Waals surface area contributed by atoms with Gasteiger partial charge < -0.3 is 20.2 Å². The molecule has 4 amide bonds. The van der Waals surface area contributed by atoms with Crippen LogP contribution in [0.5, 0.6) is 0 Å². The Balaban J connectivity index is 1.48. The average molecular weight is 494 g/mol. The largest absolute Gasteiger partial charge is 0.478 e. The van der Waals surface area contributed by atoms with E-state index in [-0.39, 0.29) is 22.0 Å². The smallest absolute Gasteiger partial charge is 0.337 e. The standard InChI is InChI=1S/C25H20ClN3O6/c1-2-14-5-3-4-6-19(14)27-22(30)13-29-23(31)20(28-25(29)34)12-16-8-10-21(35-16)15-7-9-18(26)17(11-15)24(32)33/h3-12H,2,13H2,1H3,(H,27,30)(H,28,34)(H,32,33)/b20-12-. The zero-order valence-electron chi connectivity index (χ0n) is 18.5. The van der Waals surface area contributed by atoms with Gasteiger partial charge in [0.15, 0.2) is 0 Å². The second-order valence-corrected chi connectivity index (χ2v) is 8.05. The predicted octanol–water partition coefficient (Wildman–Crippen LogP) is 4.39. The molecule has 10 heteroatoms. The van der Waals surface area contributed by atoms with Crippen LogP contribution in [0.3, 0.4) is 0 Å². The fourth-order valence-electron chi connectivity index (χ4n) is 3.57. The second kappa shape index (κ2) is 9.86. The Morgan fingerprint density at radius 1 is 1.14 bits per heavy atom. The second-order valence-electron chi connectivity index (χ2n) is 7.64. The Morgan fingerprint density at radius 3 is 2.66 bits per heavy atom. The van der Waals surface area contributed by atoms with Crippen molar-refractivity contribution in [2.24, 2.45) is 0 Å². The molecule has 0 saturated carbocycles. The summed E-state index contributed by atoms with van der Waals surface area (Å²) in [6.45, 7) is 1.50. The van der Waals surface area contributed by atoms with E-state index >= 15 is 0 Å². The summed E-state index contributed by atoms with van der Waals surface area (Å²) in [5.74, 6) is -1.76. The molecule has 0 bridgehead atoms. The van der Waals surface area contributed by atoms with E-state index in [9.17, 15) is 24.3 Å². The quantitative estimate of drug-likeness (QED) is 0.330. The van der Waals surface area contributed by atoms with Crippen molar-refractivity contribution < 1.29 is 28.7 Å². The highest BCUT2D eigenvalue weighted by atomic mass is 35.5. The van der Waals surface area contributed by atoms with Crippen molar-refractivity contribution in [3.63, 3.8) is 0 Å². The third-order valence-corrected chi connectivity index (χ3v) is 5.66. The number of aryl methyl sites for hydroxylation is 1. The summed E-state index contributed by atoms with van der Waals surface area (Å²) in [6, 6.07) is 14.1. The van der Waals surface area contributed by atoms with Gasteiger partial charge in [-0.3, -0.25) is 9.59 Å². The van der Waals surface area contributed by atoms with Crippen LogP contribution in [-0.4, -0.2) is 40.4 Å². The number of para-hydroxylation sites is 1. The lowest BCUT2D eigenvalue weighted by molar-refractivity contribution is -0.127. The first-order chi connectivity index (χ1) is 16.8. The fraction of sp³-hybridized carbons (Fsp3) is 0.120. The number of furan rings is 1. The Bertz CT molecular complexity index is 1380. The number of hydrogen-bond acceptors (Lipinski definition) is 5. The number of urea groups is 1. The van der Waals surface area contributed by atoms with Crippen LogP contribution >= 0.6 is 11.6 Å². The molecule has 0 aliphatic carbocycles. The zero-order valence-corrected chi connectivity index (χ0v) is 19.3. The number of rotatable bonds is 7. The number of amides is 4. The van der Waals surface area contributed by atoms with E-state index in [0.717, 1.165) is 10.5 Å². The first-order valence-electron chi connectivity index (χ1n) is 10.6. The molecule has 35 heavy (non-hydrogen) atoms. The molecule has 3 aromatic rings. The molecule has 2 aromatic carbocycles. The predicted molar refractivity (Wildman–Crippen MR) is 129 cm³/mol. The number of imide groups is 1. The molecular formula is C25H20ClN3O6.